The normalized spacial score (nSPS) is 18.1. The zero-order chi connectivity index (χ0) is 29.3. The number of nitrogens with two attached hydrogens (primary N) is 2. The van der Waals surface area contributed by atoms with Crippen molar-refractivity contribution in [1.29, 1.82) is 0 Å². The van der Waals surface area contributed by atoms with Gasteiger partial charge in [0, 0.05) is 30.5 Å². The maximum absolute atomic E-state index is 13.1. The number of hydrogen-bond donors (Lipinski definition) is 2. The fraction of sp³-hybridized carbons (Fsp3) is 0.433. The van der Waals surface area contributed by atoms with Gasteiger partial charge in [0.15, 0.2) is 5.82 Å². The molecule has 1 aliphatic heterocycles. The number of nitrogens with zero attached hydrogens (tertiary/aromatic N) is 6. The third kappa shape index (κ3) is 5.17. The van der Waals surface area contributed by atoms with Crippen LogP contribution >= 0.6 is 0 Å². The second-order valence-electron chi connectivity index (χ2n) is 11.2. The van der Waals surface area contributed by atoms with Crippen molar-refractivity contribution in [2.75, 3.05) is 6.54 Å². The first kappa shape index (κ1) is 28.0. The molecule has 1 saturated heterocycles. The van der Waals surface area contributed by atoms with Gasteiger partial charge in [-0.1, -0.05) is 19.1 Å². The highest BCUT2D eigenvalue weighted by atomic mass is 16.2. The first-order valence-electron chi connectivity index (χ1n) is 13.9. The van der Waals surface area contributed by atoms with E-state index in [4.69, 9.17) is 23.1 Å². The minimum atomic E-state index is -0.878. The molecule has 1 aliphatic carbocycles. The molecule has 1 fully saturated rings. The Hall–Kier alpha value is -4.59. The lowest BCUT2D eigenvalue weighted by atomic mass is 9.66. The van der Waals surface area contributed by atoms with E-state index in [-0.39, 0.29) is 18.0 Å². The SMILES string of the molecule is [C-]#[N+][C@@H]1CCCN1C(=O)CC[C@@H](C)CC1(c2nnn(C)n2)c2ccc(C(N)=O)cc2CCc2cc(C(N)=O)ccc21. The van der Waals surface area contributed by atoms with Crippen molar-refractivity contribution in [3.05, 3.63) is 87.0 Å². The molecule has 3 aromatic rings. The molecule has 2 aromatic carbocycles. The van der Waals surface area contributed by atoms with Crippen LogP contribution in [0.25, 0.3) is 4.85 Å². The molecule has 0 bridgehead atoms. The molecule has 1 aromatic heterocycles. The average molecular weight is 555 g/mol. The van der Waals surface area contributed by atoms with Crippen molar-refractivity contribution in [2.24, 2.45) is 24.4 Å². The Morgan fingerprint density at radius 3 is 2.20 bits per heavy atom. The largest absolute Gasteiger partial charge is 0.366 e. The van der Waals surface area contributed by atoms with E-state index >= 15 is 0 Å². The van der Waals surface area contributed by atoms with Gasteiger partial charge in [0.05, 0.1) is 12.5 Å². The second kappa shape index (κ2) is 11.1. The minimum Gasteiger partial charge on any atom is -0.366 e. The maximum Gasteiger partial charge on any atom is 0.300 e. The van der Waals surface area contributed by atoms with E-state index in [1.165, 1.54) is 4.80 Å². The van der Waals surface area contributed by atoms with Crippen molar-refractivity contribution in [3.8, 4) is 0 Å². The van der Waals surface area contributed by atoms with Crippen LogP contribution in [-0.2, 0) is 30.1 Å². The van der Waals surface area contributed by atoms with Gasteiger partial charge in [-0.3, -0.25) is 24.1 Å². The van der Waals surface area contributed by atoms with Crippen LogP contribution in [0.5, 0.6) is 0 Å². The summed E-state index contributed by atoms with van der Waals surface area (Å²) in [5, 5.41) is 13.4. The molecule has 2 heterocycles. The standard InChI is InChI=1S/C30H34N8O3/c1-18(6-13-26(39)38-14-4-5-25(38)33-2)17-30(29-34-36-37(3)35-29)23-11-9-21(27(31)40)15-19(23)7-8-20-16-22(28(32)41)10-12-24(20)30/h9-12,15-16,18,25H,4-8,13-14,17H2,1,3H3,(H2,31,40)(H2,32,41)/t18-,25+/m1/s1. The van der Waals surface area contributed by atoms with Crippen LogP contribution < -0.4 is 11.5 Å². The number of aromatic nitrogens is 4. The van der Waals surface area contributed by atoms with E-state index in [2.05, 4.69) is 22.1 Å². The number of tetrazole rings is 1. The Morgan fingerprint density at radius 1 is 1.07 bits per heavy atom. The molecule has 212 valence electrons. The predicted molar refractivity (Wildman–Crippen MR) is 150 cm³/mol. The number of likely N-dealkylation sites (tertiary alicyclic amines) is 1. The van der Waals surface area contributed by atoms with Crippen molar-refractivity contribution < 1.29 is 14.4 Å². The number of primary amides is 2. The molecule has 5 rings (SSSR count). The van der Waals surface area contributed by atoms with Crippen molar-refractivity contribution in [1.82, 2.24) is 25.1 Å². The summed E-state index contributed by atoms with van der Waals surface area (Å²) in [5.41, 5.74) is 15.0. The fourth-order valence-electron chi connectivity index (χ4n) is 6.47. The van der Waals surface area contributed by atoms with Crippen LogP contribution in [0.2, 0.25) is 0 Å². The smallest absolute Gasteiger partial charge is 0.300 e. The van der Waals surface area contributed by atoms with Crippen LogP contribution in [0.4, 0.5) is 0 Å². The van der Waals surface area contributed by atoms with Gasteiger partial charge in [-0.05, 0) is 89.8 Å². The van der Waals surface area contributed by atoms with Gasteiger partial charge in [0.2, 0.25) is 17.7 Å². The van der Waals surface area contributed by atoms with Crippen LogP contribution in [0.3, 0.4) is 0 Å². The molecule has 0 radical (unpaired) electrons. The van der Waals surface area contributed by atoms with E-state index in [0.29, 0.717) is 55.6 Å². The number of aryl methyl sites for hydroxylation is 3. The Morgan fingerprint density at radius 2 is 1.68 bits per heavy atom. The first-order valence-corrected chi connectivity index (χ1v) is 13.9. The molecule has 2 aliphatic rings. The summed E-state index contributed by atoms with van der Waals surface area (Å²) in [6.07, 6.45) is 3.89. The summed E-state index contributed by atoms with van der Waals surface area (Å²) in [6.45, 7) is 10.1. The molecular formula is C30H34N8O3. The van der Waals surface area contributed by atoms with E-state index in [1.807, 2.05) is 24.3 Å². The third-order valence-corrected chi connectivity index (χ3v) is 8.45. The van der Waals surface area contributed by atoms with Gasteiger partial charge in [-0.25, -0.2) is 6.57 Å². The third-order valence-electron chi connectivity index (χ3n) is 8.45. The van der Waals surface area contributed by atoms with Gasteiger partial charge in [-0.15, -0.1) is 10.2 Å². The lowest BCUT2D eigenvalue weighted by Gasteiger charge is -2.36. The van der Waals surface area contributed by atoms with Crippen LogP contribution in [0.15, 0.2) is 36.4 Å². The van der Waals surface area contributed by atoms with E-state index in [9.17, 15) is 14.4 Å². The Bertz CT molecular complexity index is 1490. The summed E-state index contributed by atoms with van der Waals surface area (Å²) in [4.78, 5) is 44.0. The fourth-order valence-corrected chi connectivity index (χ4v) is 6.47. The molecule has 11 nitrogen and oxygen atoms in total. The van der Waals surface area contributed by atoms with Crippen molar-refractivity contribution in [2.45, 2.75) is 63.5 Å². The summed E-state index contributed by atoms with van der Waals surface area (Å²) < 4.78 is 0. The summed E-state index contributed by atoms with van der Waals surface area (Å²) in [7, 11) is 1.71. The van der Waals surface area contributed by atoms with Gasteiger partial charge in [0.1, 0.15) is 0 Å². The van der Waals surface area contributed by atoms with Crippen LogP contribution in [0, 0.1) is 12.5 Å². The van der Waals surface area contributed by atoms with Gasteiger partial charge in [0.25, 0.3) is 0 Å². The van der Waals surface area contributed by atoms with Crippen LogP contribution in [0.1, 0.15) is 87.8 Å². The summed E-state index contributed by atoms with van der Waals surface area (Å²) in [5.74, 6) is -0.502. The number of carbonyl (C=O) groups is 3. The van der Waals surface area contributed by atoms with Gasteiger partial charge >= 0.3 is 6.17 Å². The molecule has 0 unspecified atom stereocenters. The molecule has 3 amide bonds. The quantitative estimate of drug-likeness (QED) is 0.408. The van der Waals surface area contributed by atoms with Crippen molar-refractivity contribution >= 4 is 17.7 Å². The zero-order valence-electron chi connectivity index (χ0n) is 23.3. The maximum atomic E-state index is 13.1. The van der Waals surface area contributed by atoms with Crippen LogP contribution in [-0.4, -0.2) is 55.5 Å². The molecule has 2 atom stereocenters. The summed E-state index contributed by atoms with van der Waals surface area (Å²) in [6, 6.07) is 10.9. The Labute approximate surface area is 238 Å². The lowest BCUT2D eigenvalue weighted by molar-refractivity contribution is -0.131. The van der Waals surface area contributed by atoms with E-state index in [1.54, 1.807) is 24.1 Å². The second-order valence-corrected chi connectivity index (χ2v) is 11.2. The average Bonchev–Trinajstić information content (AvgIpc) is 3.60. The number of benzene rings is 2. The Kier molecular flexibility index (Phi) is 7.58. The lowest BCUT2D eigenvalue weighted by Crippen LogP contribution is -2.36. The molecule has 11 heteroatoms. The predicted octanol–water partition coefficient (Wildman–Crippen LogP) is 2.52. The van der Waals surface area contributed by atoms with Gasteiger partial charge in [-0.2, -0.15) is 4.80 Å². The molecule has 41 heavy (non-hydrogen) atoms. The number of hydrogen-bond acceptors (Lipinski definition) is 6. The first-order chi connectivity index (χ1) is 19.6. The molecule has 4 N–H and O–H groups in total. The number of rotatable bonds is 8. The zero-order valence-corrected chi connectivity index (χ0v) is 23.3. The monoisotopic (exact) mass is 554 g/mol. The topological polar surface area (TPSA) is 154 Å². The highest BCUT2D eigenvalue weighted by Gasteiger charge is 2.46. The highest BCUT2D eigenvalue weighted by Crippen LogP contribution is 2.48. The molecule has 0 spiro atoms. The highest BCUT2D eigenvalue weighted by molar-refractivity contribution is 5.94. The number of fused-ring (bicyclic) bond motifs is 2. The molecule has 0 saturated carbocycles. The Balaban J connectivity index is 1.61. The summed E-state index contributed by atoms with van der Waals surface area (Å²) >= 11 is 0. The molecular weight excluding hydrogens is 520 g/mol. The number of carbonyl (C=O) groups excluding carboxylic acids is 3. The number of amides is 3. The van der Waals surface area contributed by atoms with Crippen molar-refractivity contribution in [3.63, 3.8) is 0 Å². The minimum absolute atomic E-state index is 0.000828. The van der Waals surface area contributed by atoms with E-state index in [0.717, 1.165) is 35.1 Å². The van der Waals surface area contributed by atoms with Gasteiger partial charge < -0.3 is 11.5 Å². The van der Waals surface area contributed by atoms with E-state index < -0.39 is 17.2 Å².